The largest absolute Gasteiger partial charge is 0.495 e. The molecule has 3 nitrogen and oxygen atoms in total. The van der Waals surface area contributed by atoms with E-state index in [0.717, 1.165) is 30.2 Å². The Morgan fingerprint density at radius 2 is 1.90 bits per heavy atom. The summed E-state index contributed by atoms with van der Waals surface area (Å²) in [6, 6.07) is 16.1. The van der Waals surface area contributed by atoms with E-state index in [4.69, 9.17) is 9.47 Å². The summed E-state index contributed by atoms with van der Waals surface area (Å²) in [5.74, 6) is 1.77. The lowest BCUT2D eigenvalue weighted by atomic mass is 10.2. The number of hydrogen-bond acceptors (Lipinski definition) is 3. The second-order valence-corrected chi connectivity index (χ2v) is 5.05. The predicted molar refractivity (Wildman–Crippen MR) is 87.4 cm³/mol. The average Bonchev–Trinajstić information content (AvgIpc) is 2.51. The Hall–Kier alpha value is -2.16. The second-order valence-electron chi connectivity index (χ2n) is 5.05. The van der Waals surface area contributed by atoms with E-state index in [0.29, 0.717) is 0 Å². The third-order valence-corrected chi connectivity index (χ3v) is 3.37. The minimum atomic E-state index is 0.122. The molecule has 3 heteroatoms. The van der Waals surface area contributed by atoms with E-state index in [9.17, 15) is 0 Å². The smallest absolute Gasteiger partial charge is 0.141 e. The monoisotopic (exact) mass is 285 g/mol. The van der Waals surface area contributed by atoms with Crippen LogP contribution >= 0.6 is 0 Å². The van der Waals surface area contributed by atoms with Gasteiger partial charge in [-0.1, -0.05) is 31.2 Å². The molecule has 2 aromatic carbocycles. The van der Waals surface area contributed by atoms with Crippen molar-refractivity contribution >= 4 is 5.69 Å². The molecular weight excluding hydrogens is 262 g/mol. The molecule has 0 amide bonds. The number of anilines is 1. The lowest BCUT2D eigenvalue weighted by Crippen LogP contribution is -2.25. The van der Waals surface area contributed by atoms with Gasteiger partial charge in [0.15, 0.2) is 0 Å². The lowest BCUT2D eigenvalue weighted by molar-refractivity contribution is 0.210. The van der Waals surface area contributed by atoms with Gasteiger partial charge in [0.2, 0.25) is 0 Å². The van der Waals surface area contributed by atoms with Crippen molar-refractivity contribution in [3.63, 3.8) is 0 Å². The summed E-state index contributed by atoms with van der Waals surface area (Å²) in [7, 11) is 1.68. The zero-order chi connectivity index (χ0) is 15.1. The van der Waals surface area contributed by atoms with E-state index in [1.807, 2.05) is 36.4 Å². The van der Waals surface area contributed by atoms with Crippen molar-refractivity contribution in [2.75, 3.05) is 19.0 Å². The third-order valence-electron chi connectivity index (χ3n) is 3.37. The molecule has 0 aliphatic rings. The molecule has 0 saturated heterocycles. The molecule has 1 unspecified atom stereocenters. The number of rotatable bonds is 7. The van der Waals surface area contributed by atoms with Crippen LogP contribution in [0, 0.1) is 6.92 Å². The zero-order valence-corrected chi connectivity index (χ0v) is 12.9. The van der Waals surface area contributed by atoms with E-state index >= 15 is 0 Å². The summed E-state index contributed by atoms with van der Waals surface area (Å²) in [6.07, 6.45) is 1.06. The van der Waals surface area contributed by atoms with Gasteiger partial charge in [-0.2, -0.15) is 0 Å². The summed E-state index contributed by atoms with van der Waals surface area (Å²) >= 11 is 0. The number of aryl methyl sites for hydroxylation is 1. The molecule has 112 valence electrons. The molecule has 0 radical (unpaired) electrons. The second kappa shape index (κ2) is 7.58. The van der Waals surface area contributed by atoms with Gasteiger partial charge in [0.25, 0.3) is 0 Å². The Morgan fingerprint density at radius 1 is 1.10 bits per heavy atom. The van der Waals surface area contributed by atoms with Crippen LogP contribution in [0.1, 0.15) is 18.9 Å². The molecule has 1 N–H and O–H groups in total. The lowest BCUT2D eigenvalue weighted by Gasteiger charge is -2.20. The van der Waals surface area contributed by atoms with Crippen LogP contribution in [0.25, 0.3) is 0 Å². The minimum absolute atomic E-state index is 0.122. The number of nitrogens with one attached hydrogen (secondary N) is 1. The van der Waals surface area contributed by atoms with E-state index < -0.39 is 0 Å². The number of ether oxygens (including phenoxy) is 2. The number of benzene rings is 2. The first kappa shape index (κ1) is 15.2. The predicted octanol–water partition coefficient (Wildman–Crippen LogP) is 4.27. The molecule has 0 fully saturated rings. The van der Waals surface area contributed by atoms with Crippen LogP contribution in [-0.2, 0) is 0 Å². The molecule has 0 saturated carbocycles. The Balaban J connectivity index is 1.96. The van der Waals surface area contributed by atoms with Gasteiger partial charge < -0.3 is 14.8 Å². The maximum absolute atomic E-state index is 6.04. The van der Waals surface area contributed by atoms with Crippen molar-refractivity contribution in [2.45, 2.75) is 26.4 Å². The SMILES string of the molecule is CCC(CNc1ccccc1OC)Oc1cccc(C)c1. The Kier molecular flexibility index (Phi) is 5.50. The fourth-order valence-corrected chi connectivity index (χ4v) is 2.16. The molecule has 1 atom stereocenters. The van der Waals surface area contributed by atoms with E-state index in [1.54, 1.807) is 7.11 Å². The molecule has 21 heavy (non-hydrogen) atoms. The fraction of sp³-hybridized carbons (Fsp3) is 0.333. The topological polar surface area (TPSA) is 30.5 Å². The van der Waals surface area contributed by atoms with Crippen molar-refractivity contribution in [3.05, 3.63) is 54.1 Å². The number of methoxy groups -OCH3 is 1. The Morgan fingerprint density at radius 3 is 2.62 bits per heavy atom. The van der Waals surface area contributed by atoms with Gasteiger partial charge in [-0.05, 0) is 43.2 Å². The van der Waals surface area contributed by atoms with Gasteiger partial charge in [-0.15, -0.1) is 0 Å². The van der Waals surface area contributed by atoms with Gasteiger partial charge >= 0.3 is 0 Å². The summed E-state index contributed by atoms with van der Waals surface area (Å²) in [5.41, 5.74) is 2.20. The van der Waals surface area contributed by atoms with Crippen LogP contribution in [-0.4, -0.2) is 19.8 Å². The van der Waals surface area contributed by atoms with Crippen LogP contribution in [0.2, 0.25) is 0 Å². The quantitative estimate of drug-likeness (QED) is 0.824. The Bertz CT molecular complexity index is 569. The molecule has 2 rings (SSSR count). The highest BCUT2D eigenvalue weighted by atomic mass is 16.5. The molecular formula is C18H23NO2. The van der Waals surface area contributed by atoms with E-state index in [1.165, 1.54) is 5.56 Å². The maximum Gasteiger partial charge on any atom is 0.141 e. The molecule has 0 heterocycles. The fourth-order valence-electron chi connectivity index (χ4n) is 2.16. The van der Waals surface area contributed by atoms with Crippen LogP contribution in [0.4, 0.5) is 5.69 Å². The molecule has 0 aliphatic heterocycles. The van der Waals surface area contributed by atoms with Gasteiger partial charge in [0, 0.05) is 0 Å². The molecule has 0 bridgehead atoms. The maximum atomic E-state index is 6.04. The van der Waals surface area contributed by atoms with Gasteiger partial charge in [0.1, 0.15) is 17.6 Å². The zero-order valence-electron chi connectivity index (χ0n) is 12.9. The van der Waals surface area contributed by atoms with Crippen molar-refractivity contribution in [1.82, 2.24) is 0 Å². The first-order chi connectivity index (χ1) is 10.2. The molecule has 0 spiro atoms. The van der Waals surface area contributed by atoms with Gasteiger partial charge in [-0.3, -0.25) is 0 Å². The van der Waals surface area contributed by atoms with Crippen LogP contribution in [0.3, 0.4) is 0 Å². The number of para-hydroxylation sites is 2. The van der Waals surface area contributed by atoms with E-state index in [-0.39, 0.29) is 6.10 Å². The normalized spacial score (nSPS) is 11.8. The van der Waals surface area contributed by atoms with Crippen molar-refractivity contribution in [1.29, 1.82) is 0 Å². The van der Waals surface area contributed by atoms with Gasteiger partial charge in [0.05, 0.1) is 19.3 Å². The van der Waals surface area contributed by atoms with Crippen LogP contribution in [0.15, 0.2) is 48.5 Å². The molecule has 2 aromatic rings. The summed E-state index contributed by atoms with van der Waals surface area (Å²) in [4.78, 5) is 0. The standard InChI is InChI=1S/C18H23NO2/c1-4-15(21-16-9-7-8-14(2)12-16)13-19-17-10-5-6-11-18(17)20-3/h5-12,15,19H,4,13H2,1-3H3. The summed E-state index contributed by atoms with van der Waals surface area (Å²) < 4.78 is 11.4. The Labute approximate surface area is 126 Å². The summed E-state index contributed by atoms with van der Waals surface area (Å²) in [5, 5.41) is 3.40. The molecule has 0 aliphatic carbocycles. The van der Waals surface area contributed by atoms with E-state index in [2.05, 4.69) is 31.3 Å². The first-order valence-electron chi connectivity index (χ1n) is 7.33. The van der Waals surface area contributed by atoms with Crippen molar-refractivity contribution in [3.8, 4) is 11.5 Å². The highest BCUT2D eigenvalue weighted by molar-refractivity contribution is 5.56. The van der Waals surface area contributed by atoms with Crippen LogP contribution in [0.5, 0.6) is 11.5 Å². The van der Waals surface area contributed by atoms with Crippen molar-refractivity contribution in [2.24, 2.45) is 0 Å². The van der Waals surface area contributed by atoms with Crippen molar-refractivity contribution < 1.29 is 9.47 Å². The highest BCUT2D eigenvalue weighted by Gasteiger charge is 2.09. The highest BCUT2D eigenvalue weighted by Crippen LogP contribution is 2.23. The first-order valence-corrected chi connectivity index (χ1v) is 7.33. The van der Waals surface area contributed by atoms with Gasteiger partial charge in [-0.25, -0.2) is 0 Å². The average molecular weight is 285 g/mol. The molecule has 0 aromatic heterocycles. The minimum Gasteiger partial charge on any atom is -0.495 e. The van der Waals surface area contributed by atoms with Crippen LogP contribution < -0.4 is 14.8 Å². The number of hydrogen-bond donors (Lipinski definition) is 1. The third kappa shape index (κ3) is 4.42. The summed E-state index contributed by atoms with van der Waals surface area (Å²) in [6.45, 7) is 4.94.